The van der Waals surface area contributed by atoms with Gasteiger partial charge in [0.05, 0.1) is 15.5 Å². The number of rotatable bonds is 6. The lowest BCUT2D eigenvalue weighted by Gasteiger charge is -2.12. The topological polar surface area (TPSA) is 110 Å². The zero-order valence-corrected chi connectivity index (χ0v) is 16.7. The summed E-state index contributed by atoms with van der Waals surface area (Å²) in [5.74, 6) is 0.625. The zero-order valence-electron chi connectivity index (χ0n) is 15.1. The number of nitrogens with zero attached hydrogens (tertiary/aromatic N) is 2. The van der Waals surface area contributed by atoms with Crippen molar-refractivity contribution in [2.24, 2.45) is 5.14 Å². The number of nitrogens with two attached hydrogens (primary N) is 1. The second kappa shape index (κ2) is 8.46. The van der Waals surface area contributed by atoms with Crippen LogP contribution in [0.15, 0.2) is 59.8 Å². The van der Waals surface area contributed by atoms with E-state index in [9.17, 15) is 21.6 Å². The van der Waals surface area contributed by atoms with Gasteiger partial charge >= 0.3 is 6.18 Å². The SMILES string of the molecule is NS(=O)(=O)c1cccc(CNc2cc(Nc3ccc(Cl)c(C(F)(F)F)c3)ncn2)c1. The number of benzene rings is 2. The standard InChI is InChI=1S/C18H15ClF3N5O2S/c19-15-5-4-12(7-14(15)18(20,21)22)27-17-8-16(25-10-26-17)24-9-11-2-1-3-13(6-11)30(23,28)29/h1-8,10H,9H2,(H2,23,28,29)(H2,24,25,26,27). The van der Waals surface area contributed by atoms with E-state index in [-0.39, 0.29) is 22.9 Å². The van der Waals surface area contributed by atoms with Crippen LogP contribution >= 0.6 is 11.6 Å². The van der Waals surface area contributed by atoms with Crippen molar-refractivity contribution in [3.63, 3.8) is 0 Å². The van der Waals surface area contributed by atoms with Crippen molar-refractivity contribution in [3.8, 4) is 0 Å². The van der Waals surface area contributed by atoms with E-state index in [2.05, 4.69) is 20.6 Å². The van der Waals surface area contributed by atoms with Crippen molar-refractivity contribution in [1.82, 2.24) is 9.97 Å². The Morgan fingerprint density at radius 3 is 2.47 bits per heavy atom. The minimum Gasteiger partial charge on any atom is -0.366 e. The van der Waals surface area contributed by atoms with Gasteiger partial charge in [0.1, 0.15) is 18.0 Å². The molecule has 0 saturated carbocycles. The first-order valence-electron chi connectivity index (χ1n) is 8.34. The van der Waals surface area contributed by atoms with Gasteiger partial charge in [-0.15, -0.1) is 0 Å². The van der Waals surface area contributed by atoms with Crippen molar-refractivity contribution < 1.29 is 21.6 Å². The normalized spacial score (nSPS) is 11.9. The van der Waals surface area contributed by atoms with E-state index in [1.807, 2.05) is 0 Å². The number of hydrogen-bond acceptors (Lipinski definition) is 6. The zero-order chi connectivity index (χ0) is 21.9. The van der Waals surface area contributed by atoms with E-state index in [4.69, 9.17) is 16.7 Å². The van der Waals surface area contributed by atoms with Gasteiger partial charge in [-0.2, -0.15) is 13.2 Å². The predicted octanol–water partition coefficient (Wildman–Crippen LogP) is 4.15. The van der Waals surface area contributed by atoms with E-state index in [1.54, 1.807) is 12.1 Å². The molecule has 0 amide bonds. The van der Waals surface area contributed by atoms with Crippen LogP contribution in [0.1, 0.15) is 11.1 Å². The van der Waals surface area contributed by atoms with Gasteiger partial charge in [-0.25, -0.2) is 23.5 Å². The maximum atomic E-state index is 13.0. The monoisotopic (exact) mass is 457 g/mol. The largest absolute Gasteiger partial charge is 0.417 e. The van der Waals surface area contributed by atoms with Crippen LogP contribution in [0.25, 0.3) is 0 Å². The molecule has 3 rings (SSSR count). The third-order valence-electron chi connectivity index (χ3n) is 3.91. The van der Waals surface area contributed by atoms with Crippen LogP contribution < -0.4 is 15.8 Å². The van der Waals surface area contributed by atoms with Gasteiger partial charge in [0.15, 0.2) is 0 Å². The quantitative estimate of drug-likeness (QED) is 0.513. The molecule has 0 bridgehead atoms. The number of nitrogens with one attached hydrogen (secondary N) is 2. The highest BCUT2D eigenvalue weighted by Crippen LogP contribution is 2.36. The van der Waals surface area contributed by atoms with Crippen LogP contribution in [-0.4, -0.2) is 18.4 Å². The summed E-state index contributed by atoms with van der Waals surface area (Å²) in [4.78, 5) is 7.99. The minimum atomic E-state index is -4.58. The van der Waals surface area contributed by atoms with E-state index in [0.717, 1.165) is 12.1 Å². The highest BCUT2D eigenvalue weighted by molar-refractivity contribution is 7.89. The minimum absolute atomic E-state index is 0.0185. The number of sulfonamides is 1. The second-order valence-corrected chi connectivity index (χ2v) is 8.12. The molecule has 1 aromatic heterocycles. The van der Waals surface area contributed by atoms with Gasteiger partial charge in [-0.3, -0.25) is 0 Å². The van der Waals surface area contributed by atoms with Crippen LogP contribution in [-0.2, 0) is 22.7 Å². The van der Waals surface area contributed by atoms with Crippen molar-refractivity contribution >= 4 is 38.9 Å². The lowest BCUT2D eigenvalue weighted by atomic mass is 10.2. The number of aromatic nitrogens is 2. The number of halogens is 4. The number of alkyl halides is 3. The van der Waals surface area contributed by atoms with Crippen LogP contribution in [0.3, 0.4) is 0 Å². The highest BCUT2D eigenvalue weighted by Gasteiger charge is 2.33. The van der Waals surface area contributed by atoms with Gasteiger partial charge in [0.25, 0.3) is 0 Å². The maximum absolute atomic E-state index is 13.0. The van der Waals surface area contributed by atoms with Gasteiger partial charge in [-0.1, -0.05) is 23.7 Å². The molecular weight excluding hydrogens is 443 g/mol. The summed E-state index contributed by atoms with van der Waals surface area (Å²) < 4.78 is 61.9. The number of primary sulfonamides is 1. The fourth-order valence-corrected chi connectivity index (χ4v) is 3.32. The van der Waals surface area contributed by atoms with Gasteiger partial charge in [0, 0.05) is 18.3 Å². The molecule has 0 fully saturated rings. The summed E-state index contributed by atoms with van der Waals surface area (Å²) in [5.41, 5.74) is -0.171. The second-order valence-electron chi connectivity index (χ2n) is 6.15. The van der Waals surface area contributed by atoms with Gasteiger partial charge in [0.2, 0.25) is 10.0 Å². The number of anilines is 3. The van der Waals surface area contributed by atoms with E-state index in [0.29, 0.717) is 11.4 Å². The fraction of sp³-hybridized carbons (Fsp3) is 0.111. The first-order chi connectivity index (χ1) is 14.0. The third-order valence-corrected chi connectivity index (χ3v) is 5.15. The molecule has 0 unspecified atom stereocenters. The summed E-state index contributed by atoms with van der Waals surface area (Å²) in [7, 11) is -3.82. The molecule has 0 aliphatic heterocycles. The van der Waals surface area contributed by atoms with Crippen molar-refractivity contribution in [2.45, 2.75) is 17.6 Å². The van der Waals surface area contributed by atoms with Crippen LogP contribution in [0.4, 0.5) is 30.5 Å². The molecule has 0 saturated heterocycles. The van der Waals surface area contributed by atoms with Crippen molar-refractivity contribution in [1.29, 1.82) is 0 Å². The molecule has 3 aromatic rings. The molecular formula is C18H15ClF3N5O2S. The first-order valence-corrected chi connectivity index (χ1v) is 10.3. The Morgan fingerprint density at radius 1 is 1.03 bits per heavy atom. The Kier molecular flexibility index (Phi) is 6.15. The Hall–Kier alpha value is -2.89. The molecule has 0 aliphatic rings. The molecule has 30 heavy (non-hydrogen) atoms. The summed E-state index contributed by atoms with van der Waals surface area (Å²) in [6.07, 6.45) is -3.36. The van der Waals surface area contributed by atoms with Crippen molar-refractivity contribution in [3.05, 3.63) is 71.0 Å². The predicted molar refractivity (Wildman–Crippen MR) is 107 cm³/mol. The average molecular weight is 458 g/mol. The Morgan fingerprint density at radius 2 is 1.77 bits per heavy atom. The molecule has 0 radical (unpaired) electrons. The van der Waals surface area contributed by atoms with Crippen LogP contribution in [0.2, 0.25) is 5.02 Å². The molecule has 12 heteroatoms. The van der Waals surface area contributed by atoms with Gasteiger partial charge < -0.3 is 10.6 Å². The Bertz CT molecular complexity index is 1170. The van der Waals surface area contributed by atoms with E-state index in [1.165, 1.54) is 30.6 Å². The molecule has 7 nitrogen and oxygen atoms in total. The smallest absolute Gasteiger partial charge is 0.366 e. The summed E-state index contributed by atoms with van der Waals surface area (Å²) in [6.45, 7) is 0.235. The van der Waals surface area contributed by atoms with E-state index >= 15 is 0 Å². The number of hydrogen-bond donors (Lipinski definition) is 3. The molecule has 4 N–H and O–H groups in total. The van der Waals surface area contributed by atoms with Crippen LogP contribution in [0, 0.1) is 0 Å². The molecule has 0 atom stereocenters. The Balaban J connectivity index is 1.73. The summed E-state index contributed by atoms with van der Waals surface area (Å²) in [5, 5.41) is 10.5. The maximum Gasteiger partial charge on any atom is 0.417 e. The molecule has 2 aromatic carbocycles. The van der Waals surface area contributed by atoms with Crippen LogP contribution in [0.5, 0.6) is 0 Å². The lowest BCUT2D eigenvalue weighted by Crippen LogP contribution is -2.12. The first kappa shape index (κ1) is 21.8. The Labute approximate surface area is 175 Å². The van der Waals surface area contributed by atoms with E-state index < -0.39 is 26.8 Å². The summed E-state index contributed by atoms with van der Waals surface area (Å²) in [6, 6.07) is 11.0. The molecule has 158 valence electrons. The highest BCUT2D eigenvalue weighted by atomic mass is 35.5. The lowest BCUT2D eigenvalue weighted by molar-refractivity contribution is -0.137. The molecule has 1 heterocycles. The van der Waals surface area contributed by atoms with Crippen molar-refractivity contribution in [2.75, 3.05) is 10.6 Å². The molecule has 0 aliphatic carbocycles. The fourth-order valence-electron chi connectivity index (χ4n) is 2.52. The summed E-state index contributed by atoms with van der Waals surface area (Å²) >= 11 is 5.62. The third kappa shape index (κ3) is 5.59. The van der Waals surface area contributed by atoms with Gasteiger partial charge in [-0.05, 0) is 35.9 Å². The average Bonchev–Trinajstić information content (AvgIpc) is 2.67. The molecule has 0 spiro atoms.